The molecule has 6 nitrogen and oxygen atoms in total. The van der Waals surface area contributed by atoms with Gasteiger partial charge >= 0.3 is 17.9 Å². The van der Waals surface area contributed by atoms with E-state index in [2.05, 4.69) is 118 Å². The third-order valence-electron chi connectivity index (χ3n) is 10.8. The maximum atomic E-state index is 12.8. The number of hydrogen-bond acceptors (Lipinski definition) is 6. The summed E-state index contributed by atoms with van der Waals surface area (Å²) < 4.78 is 16.8. The Hall–Kier alpha value is -4.19. The fourth-order valence-electron chi connectivity index (χ4n) is 6.89. The molecule has 0 aliphatic rings. The number of allylic oxidation sites excluding steroid dienone is 20. The van der Waals surface area contributed by atoms with E-state index in [0.717, 1.165) is 141 Å². The summed E-state index contributed by atoms with van der Waals surface area (Å²) in [5.41, 5.74) is 0. The van der Waals surface area contributed by atoms with Crippen LogP contribution in [0.25, 0.3) is 0 Å². The van der Waals surface area contributed by atoms with Crippen LogP contribution in [0.5, 0.6) is 0 Å². The maximum absolute atomic E-state index is 12.8. The number of esters is 3. The van der Waals surface area contributed by atoms with E-state index in [9.17, 15) is 14.4 Å². The highest BCUT2D eigenvalue weighted by Gasteiger charge is 2.19. The van der Waals surface area contributed by atoms with Gasteiger partial charge in [0.1, 0.15) is 13.2 Å². The fraction of sp³-hybridized carbons (Fsp3) is 0.617. The average molecular weight is 913 g/mol. The second-order valence-electron chi connectivity index (χ2n) is 17.1. The first-order valence-corrected chi connectivity index (χ1v) is 26.6. The standard InChI is InChI=1S/C60H96O6/c1-4-7-10-13-16-19-22-25-28-29-30-31-33-35-38-41-44-47-50-53-59(62)65-56-57(55-64-58(61)52-49-46-43-40-37-34-27-24-21-18-15-12-9-6-3)66-60(63)54-51-48-45-42-39-36-32-26-23-20-17-14-11-8-5-2/h7-12,14,16-21,23,25-28,32,34,57H,4-6,13,15,22,24,29-31,33,35-56H2,1-3H3/b10-7-,11-8-,12-9-,17-14-,19-16-,21-18-,23-20-,28-25-,32-26-,34-27-. The van der Waals surface area contributed by atoms with Gasteiger partial charge < -0.3 is 14.2 Å². The van der Waals surface area contributed by atoms with Gasteiger partial charge in [-0.05, 0) is 103 Å². The SMILES string of the molecule is CC\C=C/C=C\C=C/C=C\CCCCCCCC(=O)OC(COC(=O)CCCCCC/C=C\C/C=C\C/C=C\CC)COC(=O)CCCCCCCCCCC/C=C\C/C=C\C/C=C\CC. The third kappa shape index (κ3) is 50.8. The van der Waals surface area contributed by atoms with Crippen molar-refractivity contribution in [3.05, 3.63) is 122 Å². The molecule has 0 N–H and O–H groups in total. The van der Waals surface area contributed by atoms with Crippen molar-refractivity contribution in [1.82, 2.24) is 0 Å². The van der Waals surface area contributed by atoms with E-state index in [-0.39, 0.29) is 31.1 Å². The van der Waals surface area contributed by atoms with Gasteiger partial charge in [-0.2, -0.15) is 0 Å². The van der Waals surface area contributed by atoms with Gasteiger partial charge in [-0.3, -0.25) is 14.4 Å². The second kappa shape index (κ2) is 53.4. The predicted octanol–water partition coefficient (Wildman–Crippen LogP) is 17.7. The lowest BCUT2D eigenvalue weighted by atomic mass is 10.1. The smallest absolute Gasteiger partial charge is 0.306 e. The summed E-state index contributed by atoms with van der Waals surface area (Å²) >= 11 is 0. The van der Waals surface area contributed by atoms with E-state index in [0.29, 0.717) is 19.3 Å². The summed E-state index contributed by atoms with van der Waals surface area (Å²) in [4.78, 5) is 38.1. The number of hydrogen-bond donors (Lipinski definition) is 0. The summed E-state index contributed by atoms with van der Waals surface area (Å²) in [6.45, 7) is 6.22. The molecule has 0 aromatic heterocycles. The molecule has 0 aromatic rings. The van der Waals surface area contributed by atoms with Crippen molar-refractivity contribution in [2.45, 2.75) is 226 Å². The van der Waals surface area contributed by atoms with Crippen LogP contribution in [0.1, 0.15) is 220 Å². The summed E-state index contributed by atoms with van der Waals surface area (Å²) in [7, 11) is 0. The molecule has 1 atom stereocenters. The maximum Gasteiger partial charge on any atom is 0.306 e. The molecule has 372 valence electrons. The van der Waals surface area contributed by atoms with E-state index >= 15 is 0 Å². The molecule has 0 amide bonds. The van der Waals surface area contributed by atoms with Gasteiger partial charge in [-0.15, -0.1) is 0 Å². The molecular formula is C60H96O6. The first kappa shape index (κ1) is 61.8. The predicted molar refractivity (Wildman–Crippen MR) is 283 cm³/mol. The van der Waals surface area contributed by atoms with Gasteiger partial charge in [0.15, 0.2) is 6.10 Å². The molecule has 66 heavy (non-hydrogen) atoms. The Bertz CT molecular complexity index is 1420. The highest BCUT2D eigenvalue weighted by atomic mass is 16.6. The zero-order valence-electron chi connectivity index (χ0n) is 42.4. The Kier molecular flexibility index (Phi) is 50.0. The molecular weight excluding hydrogens is 817 g/mol. The van der Waals surface area contributed by atoms with Crippen molar-refractivity contribution in [2.24, 2.45) is 0 Å². The van der Waals surface area contributed by atoms with E-state index in [4.69, 9.17) is 14.2 Å². The van der Waals surface area contributed by atoms with Crippen molar-refractivity contribution in [3.63, 3.8) is 0 Å². The number of carbonyl (C=O) groups is 3. The molecule has 0 aromatic carbocycles. The van der Waals surface area contributed by atoms with Crippen LogP contribution in [0.3, 0.4) is 0 Å². The molecule has 0 aliphatic carbocycles. The highest BCUT2D eigenvalue weighted by Crippen LogP contribution is 2.14. The first-order chi connectivity index (χ1) is 32.5. The summed E-state index contributed by atoms with van der Waals surface area (Å²) in [5, 5.41) is 0. The Morgan fingerprint density at radius 1 is 0.318 bits per heavy atom. The number of carbonyl (C=O) groups excluding carboxylic acids is 3. The van der Waals surface area contributed by atoms with Crippen molar-refractivity contribution in [1.29, 1.82) is 0 Å². The van der Waals surface area contributed by atoms with Gasteiger partial charge in [-0.25, -0.2) is 0 Å². The summed E-state index contributed by atoms with van der Waals surface area (Å²) in [6.07, 6.45) is 73.2. The van der Waals surface area contributed by atoms with Crippen molar-refractivity contribution < 1.29 is 28.6 Å². The quantitative estimate of drug-likeness (QED) is 0.0199. The first-order valence-electron chi connectivity index (χ1n) is 26.6. The van der Waals surface area contributed by atoms with E-state index < -0.39 is 6.10 Å². The van der Waals surface area contributed by atoms with Crippen LogP contribution < -0.4 is 0 Å². The van der Waals surface area contributed by atoms with E-state index in [1.54, 1.807) is 0 Å². The van der Waals surface area contributed by atoms with Gasteiger partial charge in [0.25, 0.3) is 0 Å². The third-order valence-corrected chi connectivity index (χ3v) is 10.8. The summed E-state index contributed by atoms with van der Waals surface area (Å²) in [6, 6.07) is 0. The lowest BCUT2D eigenvalue weighted by Crippen LogP contribution is -2.30. The van der Waals surface area contributed by atoms with Gasteiger partial charge in [0.2, 0.25) is 0 Å². The minimum absolute atomic E-state index is 0.101. The molecule has 0 saturated heterocycles. The number of ether oxygens (including phenoxy) is 3. The number of unbranched alkanes of at least 4 members (excludes halogenated alkanes) is 18. The minimum Gasteiger partial charge on any atom is -0.462 e. The molecule has 0 saturated carbocycles. The molecule has 0 heterocycles. The molecule has 0 radical (unpaired) electrons. The van der Waals surface area contributed by atoms with Crippen LogP contribution in [-0.4, -0.2) is 37.2 Å². The van der Waals surface area contributed by atoms with E-state index in [1.807, 2.05) is 24.3 Å². The topological polar surface area (TPSA) is 78.9 Å². The van der Waals surface area contributed by atoms with E-state index in [1.165, 1.54) is 38.5 Å². The van der Waals surface area contributed by atoms with Crippen molar-refractivity contribution in [2.75, 3.05) is 13.2 Å². The fourth-order valence-corrected chi connectivity index (χ4v) is 6.89. The Labute approximate surface area is 405 Å². The van der Waals surface area contributed by atoms with Crippen LogP contribution in [0.2, 0.25) is 0 Å². The Morgan fingerprint density at radius 3 is 1.03 bits per heavy atom. The van der Waals surface area contributed by atoms with Crippen LogP contribution in [0.4, 0.5) is 0 Å². The van der Waals surface area contributed by atoms with Crippen LogP contribution in [0, 0.1) is 0 Å². The second-order valence-corrected chi connectivity index (χ2v) is 17.1. The van der Waals surface area contributed by atoms with Crippen molar-refractivity contribution in [3.8, 4) is 0 Å². The number of rotatable bonds is 46. The zero-order valence-corrected chi connectivity index (χ0v) is 42.4. The minimum atomic E-state index is -0.805. The van der Waals surface area contributed by atoms with Crippen LogP contribution in [-0.2, 0) is 28.6 Å². The molecule has 0 rings (SSSR count). The monoisotopic (exact) mass is 913 g/mol. The molecule has 1 unspecified atom stereocenters. The highest BCUT2D eigenvalue weighted by molar-refractivity contribution is 5.71. The molecule has 0 spiro atoms. The summed E-state index contributed by atoms with van der Waals surface area (Å²) in [5.74, 6) is -0.958. The molecule has 6 heteroatoms. The lowest BCUT2D eigenvalue weighted by Gasteiger charge is -2.18. The van der Waals surface area contributed by atoms with Crippen LogP contribution >= 0.6 is 0 Å². The van der Waals surface area contributed by atoms with Gasteiger partial charge in [0.05, 0.1) is 0 Å². The molecule has 0 bridgehead atoms. The lowest BCUT2D eigenvalue weighted by molar-refractivity contribution is -0.167. The van der Waals surface area contributed by atoms with Crippen LogP contribution in [0.15, 0.2) is 122 Å². The average Bonchev–Trinajstić information content (AvgIpc) is 3.31. The zero-order chi connectivity index (χ0) is 47.9. The molecule has 0 aliphatic heterocycles. The molecule has 0 fully saturated rings. The van der Waals surface area contributed by atoms with Gasteiger partial charge in [-0.1, -0.05) is 219 Å². The Morgan fingerprint density at radius 2 is 0.621 bits per heavy atom. The normalized spacial score (nSPS) is 13.1. The Balaban J connectivity index is 4.46. The largest absolute Gasteiger partial charge is 0.462 e. The van der Waals surface area contributed by atoms with Crippen molar-refractivity contribution >= 4 is 17.9 Å². The van der Waals surface area contributed by atoms with Gasteiger partial charge in [0, 0.05) is 19.3 Å².